The molecule has 0 aliphatic carbocycles. The van der Waals surface area contributed by atoms with Gasteiger partial charge in [0, 0.05) is 25.0 Å². The van der Waals surface area contributed by atoms with Crippen LogP contribution in [0.1, 0.15) is 31.2 Å². The van der Waals surface area contributed by atoms with Crippen molar-refractivity contribution in [3.8, 4) is 12.0 Å². The van der Waals surface area contributed by atoms with Gasteiger partial charge in [0.1, 0.15) is 12.7 Å². The Bertz CT molecular complexity index is 839. The summed E-state index contributed by atoms with van der Waals surface area (Å²) in [4.78, 5) is 34.5. The maximum absolute atomic E-state index is 12.2. The predicted molar refractivity (Wildman–Crippen MR) is 107 cm³/mol. The van der Waals surface area contributed by atoms with E-state index in [1.165, 1.54) is 12.1 Å². The Labute approximate surface area is 174 Å². The van der Waals surface area contributed by atoms with Gasteiger partial charge in [0.15, 0.2) is 0 Å². The van der Waals surface area contributed by atoms with E-state index in [2.05, 4.69) is 12.0 Å². The van der Waals surface area contributed by atoms with Crippen LogP contribution in [0.15, 0.2) is 36.4 Å². The molecule has 2 atom stereocenters. The first-order chi connectivity index (χ1) is 14.4. The van der Waals surface area contributed by atoms with E-state index in [0.29, 0.717) is 12.8 Å². The summed E-state index contributed by atoms with van der Waals surface area (Å²) < 4.78 is 4.91. The maximum Gasteiger partial charge on any atom is 0.306 e. The SMILES string of the molecule is O=C(O)CCOC#CCN1C(=O)CCC[C@@H]1/C=C/C(O)Cc1ccc([N+](=O)[O-])cc1. The molecular weight excluding hydrogens is 392 g/mol. The van der Waals surface area contributed by atoms with Crippen molar-refractivity contribution in [1.29, 1.82) is 0 Å². The number of carboxylic acids is 1. The van der Waals surface area contributed by atoms with Crippen LogP contribution in [0, 0.1) is 22.1 Å². The number of carboxylic acid groups (broad SMARTS) is 1. The van der Waals surface area contributed by atoms with Crippen molar-refractivity contribution in [2.75, 3.05) is 13.2 Å². The lowest BCUT2D eigenvalue weighted by Crippen LogP contribution is -2.42. The van der Waals surface area contributed by atoms with Crippen molar-refractivity contribution >= 4 is 17.6 Å². The summed E-state index contributed by atoms with van der Waals surface area (Å²) in [6.07, 6.45) is 7.08. The summed E-state index contributed by atoms with van der Waals surface area (Å²) in [5.74, 6) is 1.71. The number of nitro groups is 1. The molecule has 9 heteroatoms. The van der Waals surface area contributed by atoms with Gasteiger partial charge < -0.3 is 19.8 Å². The van der Waals surface area contributed by atoms with E-state index in [1.807, 2.05) is 0 Å². The first kappa shape index (κ1) is 22.9. The highest BCUT2D eigenvalue weighted by molar-refractivity contribution is 5.77. The molecule has 1 unspecified atom stereocenters. The lowest BCUT2D eigenvalue weighted by atomic mass is 9.99. The predicted octanol–water partition coefficient (Wildman–Crippen LogP) is 1.89. The van der Waals surface area contributed by atoms with Crippen LogP contribution in [0.4, 0.5) is 5.69 Å². The molecule has 0 saturated carbocycles. The molecule has 2 N–H and O–H groups in total. The third-order valence-corrected chi connectivity index (χ3v) is 4.57. The molecule has 1 heterocycles. The lowest BCUT2D eigenvalue weighted by molar-refractivity contribution is -0.384. The third kappa shape index (κ3) is 7.56. The zero-order chi connectivity index (χ0) is 21.9. The van der Waals surface area contributed by atoms with Crippen LogP contribution >= 0.6 is 0 Å². The second-order valence-corrected chi connectivity index (χ2v) is 6.83. The van der Waals surface area contributed by atoms with E-state index in [9.17, 15) is 24.8 Å². The Hall–Kier alpha value is -3.38. The van der Waals surface area contributed by atoms with E-state index in [0.717, 1.165) is 18.4 Å². The van der Waals surface area contributed by atoms with Crippen molar-refractivity contribution in [3.63, 3.8) is 0 Å². The van der Waals surface area contributed by atoms with Crippen molar-refractivity contribution in [2.24, 2.45) is 0 Å². The third-order valence-electron chi connectivity index (χ3n) is 4.57. The normalized spacial score (nSPS) is 17.3. The minimum atomic E-state index is -0.972. The summed E-state index contributed by atoms with van der Waals surface area (Å²) in [5, 5.41) is 29.5. The molecule has 2 rings (SSSR count). The zero-order valence-electron chi connectivity index (χ0n) is 16.4. The van der Waals surface area contributed by atoms with Gasteiger partial charge in [-0.3, -0.25) is 19.7 Å². The molecule has 1 aromatic rings. The zero-order valence-corrected chi connectivity index (χ0v) is 16.4. The molecule has 9 nitrogen and oxygen atoms in total. The Kier molecular flexibility index (Phi) is 8.84. The van der Waals surface area contributed by atoms with E-state index in [4.69, 9.17) is 9.84 Å². The van der Waals surface area contributed by atoms with Gasteiger partial charge in [-0.05, 0) is 24.3 Å². The number of aliphatic carboxylic acids is 1. The molecule has 0 bridgehead atoms. The largest absolute Gasteiger partial charge is 0.481 e. The van der Waals surface area contributed by atoms with Gasteiger partial charge in [-0.15, -0.1) is 0 Å². The Morgan fingerprint density at radius 1 is 1.40 bits per heavy atom. The van der Waals surface area contributed by atoms with Crippen molar-refractivity contribution < 1.29 is 29.5 Å². The smallest absolute Gasteiger partial charge is 0.306 e. The Morgan fingerprint density at radius 2 is 2.13 bits per heavy atom. The quantitative estimate of drug-likeness (QED) is 0.207. The van der Waals surface area contributed by atoms with Crippen LogP contribution in [0.3, 0.4) is 0 Å². The number of carbonyl (C=O) groups is 2. The van der Waals surface area contributed by atoms with Crippen LogP contribution in [-0.4, -0.2) is 57.2 Å². The molecule has 1 aromatic carbocycles. The molecule has 0 radical (unpaired) electrons. The highest BCUT2D eigenvalue weighted by atomic mass is 16.6. The van der Waals surface area contributed by atoms with Crippen LogP contribution in [0.25, 0.3) is 0 Å². The monoisotopic (exact) mass is 416 g/mol. The molecule has 1 amide bonds. The molecule has 0 aromatic heterocycles. The summed E-state index contributed by atoms with van der Waals surface area (Å²) in [6.45, 7) is 0.133. The average Bonchev–Trinajstić information content (AvgIpc) is 2.70. The fourth-order valence-corrected chi connectivity index (χ4v) is 3.03. The number of carbonyl (C=O) groups excluding carboxylic acids is 1. The minimum absolute atomic E-state index is 0.00630. The molecule has 1 aliphatic rings. The van der Waals surface area contributed by atoms with Crippen molar-refractivity contribution in [1.82, 2.24) is 4.90 Å². The number of hydrogen-bond donors (Lipinski definition) is 2. The van der Waals surface area contributed by atoms with Gasteiger partial charge in [0.05, 0.1) is 30.0 Å². The van der Waals surface area contributed by atoms with E-state index < -0.39 is 17.0 Å². The number of ether oxygens (including phenoxy) is 1. The van der Waals surface area contributed by atoms with Crippen LogP contribution in [0.5, 0.6) is 0 Å². The summed E-state index contributed by atoms with van der Waals surface area (Å²) >= 11 is 0. The second-order valence-electron chi connectivity index (χ2n) is 6.83. The Morgan fingerprint density at radius 3 is 2.80 bits per heavy atom. The van der Waals surface area contributed by atoms with E-state index in [1.54, 1.807) is 29.2 Å². The average molecular weight is 416 g/mol. The van der Waals surface area contributed by atoms with Gasteiger partial charge in [0.2, 0.25) is 5.91 Å². The molecule has 0 spiro atoms. The number of likely N-dealkylation sites (tertiary alicyclic amines) is 1. The van der Waals surface area contributed by atoms with E-state index >= 15 is 0 Å². The highest BCUT2D eigenvalue weighted by Crippen LogP contribution is 2.19. The fourth-order valence-electron chi connectivity index (χ4n) is 3.03. The number of non-ortho nitro benzene ring substituents is 1. The summed E-state index contributed by atoms with van der Waals surface area (Å²) in [7, 11) is 0. The number of amides is 1. The first-order valence-electron chi connectivity index (χ1n) is 9.57. The van der Waals surface area contributed by atoms with Crippen LogP contribution < -0.4 is 0 Å². The molecule has 1 aliphatic heterocycles. The molecule has 1 saturated heterocycles. The molecular formula is C21H24N2O7. The minimum Gasteiger partial charge on any atom is -0.481 e. The highest BCUT2D eigenvalue weighted by Gasteiger charge is 2.25. The molecule has 30 heavy (non-hydrogen) atoms. The number of benzene rings is 1. The van der Waals surface area contributed by atoms with Gasteiger partial charge in [0.25, 0.3) is 5.69 Å². The summed E-state index contributed by atoms with van der Waals surface area (Å²) in [5.41, 5.74) is 0.756. The second kappa shape index (κ2) is 11.6. The lowest BCUT2D eigenvalue weighted by Gasteiger charge is -2.32. The van der Waals surface area contributed by atoms with Gasteiger partial charge in [-0.1, -0.05) is 24.3 Å². The number of aliphatic hydroxyl groups excluding tert-OH is 1. The van der Waals surface area contributed by atoms with Crippen molar-refractivity contribution in [2.45, 2.75) is 44.2 Å². The number of nitrogens with zero attached hydrogens (tertiary/aromatic N) is 2. The summed E-state index contributed by atoms with van der Waals surface area (Å²) in [6, 6.07) is 5.79. The number of nitro benzene ring substituents is 1. The number of rotatable bonds is 9. The number of hydrogen-bond acceptors (Lipinski definition) is 6. The van der Waals surface area contributed by atoms with Crippen molar-refractivity contribution in [3.05, 3.63) is 52.1 Å². The van der Waals surface area contributed by atoms with Gasteiger partial charge >= 0.3 is 5.97 Å². The molecule has 1 fully saturated rings. The fraction of sp³-hybridized carbons (Fsp3) is 0.429. The van der Waals surface area contributed by atoms with Gasteiger partial charge in [-0.25, -0.2) is 0 Å². The Balaban J connectivity index is 1.90. The van der Waals surface area contributed by atoms with Crippen LogP contribution in [-0.2, 0) is 20.7 Å². The number of aliphatic hydroxyl groups is 1. The van der Waals surface area contributed by atoms with E-state index in [-0.39, 0.29) is 37.2 Å². The topological polar surface area (TPSA) is 130 Å². The molecule has 160 valence electrons. The number of piperidine rings is 1. The standard InChI is InChI=1S/C21H24N2O7/c24-19(15-16-5-7-18(8-6-16)23(28)29)10-9-17-3-1-4-20(25)22(17)12-2-13-30-14-11-21(26)27/h5-10,17,19,24H,1,3-4,11-12,14-15H2,(H,26,27)/b10-9+/t17-,19?/m1/s1. The first-order valence-corrected chi connectivity index (χ1v) is 9.57. The maximum atomic E-state index is 12.2. The van der Waals surface area contributed by atoms with Crippen LogP contribution in [0.2, 0.25) is 0 Å². The van der Waals surface area contributed by atoms with Gasteiger partial charge in [-0.2, -0.15) is 0 Å².